The third-order valence-electron chi connectivity index (χ3n) is 4.72. The van der Waals surface area contributed by atoms with E-state index >= 15 is 0 Å². The molecule has 146 valence electrons. The monoisotopic (exact) mass is 360 g/mol. The summed E-state index contributed by atoms with van der Waals surface area (Å²) >= 11 is 0. The molecule has 1 heterocycles. The van der Waals surface area contributed by atoms with Gasteiger partial charge in [0.1, 0.15) is 0 Å². The lowest BCUT2D eigenvalue weighted by molar-refractivity contribution is 0.122. The summed E-state index contributed by atoms with van der Waals surface area (Å²) in [6.45, 7) is 13.4. The molecule has 1 fully saturated rings. The van der Waals surface area contributed by atoms with Crippen LogP contribution in [0.4, 0.5) is 5.69 Å². The van der Waals surface area contributed by atoms with Gasteiger partial charge in [0, 0.05) is 38.4 Å². The Bertz CT molecular complexity index is 574. The van der Waals surface area contributed by atoms with Crippen LogP contribution in [0.25, 0.3) is 0 Å². The molecule has 5 nitrogen and oxygen atoms in total. The maximum absolute atomic E-state index is 5.48. The fraction of sp³-hybridized carbons (Fsp3) is 0.667. The lowest BCUT2D eigenvalue weighted by atomic mass is 9.89. The number of aliphatic imine (C=N–C) groups is 1. The predicted octanol–water partition coefficient (Wildman–Crippen LogP) is 3.40. The van der Waals surface area contributed by atoms with Crippen molar-refractivity contribution < 1.29 is 4.74 Å². The highest BCUT2D eigenvalue weighted by molar-refractivity contribution is 5.80. The first-order chi connectivity index (χ1) is 12.4. The standard InChI is InChI=1S/C21H36N4O/c1-17(10-11-21(2,3)4)24-20(22-5)23-16-18-8-6-7-9-19(18)25-12-14-26-15-13-25/h6-9,17H,10-16H2,1-5H3,(H2,22,23,24). The molecule has 5 heteroatoms. The molecule has 0 radical (unpaired) electrons. The first-order valence-electron chi connectivity index (χ1n) is 9.77. The molecule has 1 aliphatic rings. The van der Waals surface area contributed by atoms with E-state index in [0.717, 1.165) is 45.2 Å². The zero-order valence-electron chi connectivity index (χ0n) is 17.1. The third-order valence-corrected chi connectivity index (χ3v) is 4.72. The lowest BCUT2D eigenvalue weighted by Gasteiger charge is -2.31. The number of nitrogens with one attached hydrogen (secondary N) is 2. The van der Waals surface area contributed by atoms with Crippen LogP contribution in [0.1, 0.15) is 46.1 Å². The van der Waals surface area contributed by atoms with Gasteiger partial charge >= 0.3 is 0 Å². The number of guanidine groups is 1. The van der Waals surface area contributed by atoms with Crippen LogP contribution in [0.15, 0.2) is 29.3 Å². The van der Waals surface area contributed by atoms with Crippen LogP contribution >= 0.6 is 0 Å². The van der Waals surface area contributed by atoms with Gasteiger partial charge in [0.15, 0.2) is 5.96 Å². The summed E-state index contributed by atoms with van der Waals surface area (Å²) in [5.74, 6) is 0.864. The fourth-order valence-electron chi connectivity index (χ4n) is 3.10. The molecule has 1 unspecified atom stereocenters. The average molecular weight is 361 g/mol. The Morgan fingerprint density at radius 1 is 1.23 bits per heavy atom. The molecule has 0 aliphatic carbocycles. The second-order valence-corrected chi connectivity index (χ2v) is 8.30. The minimum absolute atomic E-state index is 0.365. The molecule has 0 saturated carbocycles. The van der Waals surface area contributed by atoms with Gasteiger partial charge in [-0.25, -0.2) is 0 Å². The molecule has 0 bridgehead atoms. The summed E-state index contributed by atoms with van der Waals surface area (Å²) in [7, 11) is 1.83. The number of ether oxygens (including phenoxy) is 1. The quantitative estimate of drug-likeness (QED) is 0.603. The highest BCUT2D eigenvalue weighted by atomic mass is 16.5. The van der Waals surface area contributed by atoms with E-state index in [1.54, 1.807) is 0 Å². The normalized spacial score (nSPS) is 17.1. The van der Waals surface area contributed by atoms with Crippen molar-refractivity contribution in [3.8, 4) is 0 Å². The molecular weight excluding hydrogens is 324 g/mol. The van der Waals surface area contributed by atoms with E-state index < -0.39 is 0 Å². The molecule has 0 spiro atoms. The molecule has 1 saturated heterocycles. The minimum Gasteiger partial charge on any atom is -0.378 e. The Kier molecular flexibility index (Phi) is 7.76. The molecular formula is C21H36N4O. The number of para-hydroxylation sites is 1. The number of nitrogens with zero attached hydrogens (tertiary/aromatic N) is 2. The first kappa shape index (κ1) is 20.6. The number of morpholine rings is 1. The van der Waals surface area contributed by atoms with E-state index in [4.69, 9.17) is 4.74 Å². The molecule has 2 N–H and O–H groups in total. The van der Waals surface area contributed by atoms with Gasteiger partial charge in [0.25, 0.3) is 0 Å². The predicted molar refractivity (Wildman–Crippen MR) is 111 cm³/mol. The molecule has 1 aliphatic heterocycles. The summed E-state index contributed by atoms with van der Waals surface area (Å²) in [5.41, 5.74) is 2.95. The second kappa shape index (κ2) is 9.81. The number of rotatable bonds is 6. The van der Waals surface area contributed by atoms with E-state index in [-0.39, 0.29) is 0 Å². The van der Waals surface area contributed by atoms with Crippen molar-refractivity contribution >= 4 is 11.6 Å². The van der Waals surface area contributed by atoms with Gasteiger partial charge in [0.2, 0.25) is 0 Å². The van der Waals surface area contributed by atoms with Crippen LogP contribution < -0.4 is 15.5 Å². The fourth-order valence-corrected chi connectivity index (χ4v) is 3.10. The second-order valence-electron chi connectivity index (χ2n) is 8.30. The topological polar surface area (TPSA) is 48.9 Å². The smallest absolute Gasteiger partial charge is 0.191 e. The van der Waals surface area contributed by atoms with Crippen molar-refractivity contribution in [1.29, 1.82) is 0 Å². The first-order valence-corrected chi connectivity index (χ1v) is 9.77. The summed E-state index contributed by atoms with van der Waals surface area (Å²) in [4.78, 5) is 6.80. The minimum atomic E-state index is 0.365. The van der Waals surface area contributed by atoms with Crippen LogP contribution in [0.2, 0.25) is 0 Å². The van der Waals surface area contributed by atoms with E-state index in [2.05, 4.69) is 72.5 Å². The Morgan fingerprint density at radius 3 is 2.58 bits per heavy atom. The van der Waals surface area contributed by atoms with Crippen LogP contribution in [0, 0.1) is 5.41 Å². The lowest BCUT2D eigenvalue weighted by Crippen LogP contribution is -2.42. The molecule has 0 aromatic heterocycles. The molecule has 2 rings (SSSR count). The Hall–Kier alpha value is -1.75. The number of benzene rings is 1. The van der Waals surface area contributed by atoms with Gasteiger partial charge < -0.3 is 20.3 Å². The number of hydrogen-bond donors (Lipinski definition) is 2. The van der Waals surface area contributed by atoms with Gasteiger partial charge in [-0.1, -0.05) is 39.0 Å². The molecule has 1 atom stereocenters. The van der Waals surface area contributed by atoms with Gasteiger partial charge in [-0.05, 0) is 36.8 Å². The summed E-state index contributed by atoms with van der Waals surface area (Å²) in [6.07, 6.45) is 2.33. The molecule has 1 aromatic rings. The van der Waals surface area contributed by atoms with E-state index in [9.17, 15) is 0 Å². The van der Waals surface area contributed by atoms with Gasteiger partial charge in [-0.15, -0.1) is 0 Å². The zero-order chi connectivity index (χ0) is 19.0. The van der Waals surface area contributed by atoms with Crippen LogP contribution in [-0.2, 0) is 11.3 Å². The number of hydrogen-bond acceptors (Lipinski definition) is 3. The molecule has 1 aromatic carbocycles. The van der Waals surface area contributed by atoms with Crippen LogP contribution in [-0.4, -0.2) is 45.4 Å². The maximum Gasteiger partial charge on any atom is 0.191 e. The van der Waals surface area contributed by atoms with Gasteiger partial charge in [0.05, 0.1) is 13.2 Å². The molecule has 26 heavy (non-hydrogen) atoms. The SMILES string of the molecule is CN=C(NCc1ccccc1N1CCOCC1)NC(C)CCC(C)(C)C. The van der Waals surface area contributed by atoms with E-state index in [1.807, 2.05) is 7.05 Å². The zero-order valence-corrected chi connectivity index (χ0v) is 17.1. The Morgan fingerprint density at radius 2 is 1.92 bits per heavy atom. The maximum atomic E-state index is 5.48. The average Bonchev–Trinajstić information content (AvgIpc) is 2.64. The summed E-state index contributed by atoms with van der Waals surface area (Å²) < 4.78 is 5.48. The van der Waals surface area contributed by atoms with Crippen LogP contribution in [0.3, 0.4) is 0 Å². The van der Waals surface area contributed by atoms with Crippen molar-refractivity contribution in [2.75, 3.05) is 38.3 Å². The van der Waals surface area contributed by atoms with Crippen molar-refractivity contribution in [3.05, 3.63) is 29.8 Å². The Balaban J connectivity index is 1.90. The van der Waals surface area contributed by atoms with Crippen molar-refractivity contribution in [1.82, 2.24) is 10.6 Å². The number of anilines is 1. The van der Waals surface area contributed by atoms with Crippen LogP contribution in [0.5, 0.6) is 0 Å². The van der Waals surface area contributed by atoms with Gasteiger partial charge in [-0.3, -0.25) is 4.99 Å². The van der Waals surface area contributed by atoms with E-state index in [0.29, 0.717) is 11.5 Å². The summed E-state index contributed by atoms with van der Waals surface area (Å²) in [6, 6.07) is 8.99. The van der Waals surface area contributed by atoms with Crippen molar-refractivity contribution in [2.24, 2.45) is 10.4 Å². The summed E-state index contributed by atoms with van der Waals surface area (Å²) in [5, 5.41) is 6.99. The highest BCUT2D eigenvalue weighted by Gasteiger charge is 2.16. The highest BCUT2D eigenvalue weighted by Crippen LogP contribution is 2.22. The van der Waals surface area contributed by atoms with Crippen molar-refractivity contribution in [3.63, 3.8) is 0 Å². The Labute approximate surface area is 159 Å². The van der Waals surface area contributed by atoms with Crippen molar-refractivity contribution in [2.45, 2.75) is 53.1 Å². The third kappa shape index (κ3) is 6.87. The largest absolute Gasteiger partial charge is 0.378 e. The molecule has 0 amide bonds. The van der Waals surface area contributed by atoms with E-state index in [1.165, 1.54) is 17.7 Å². The van der Waals surface area contributed by atoms with Gasteiger partial charge in [-0.2, -0.15) is 0 Å².